The molecule has 1 aliphatic carbocycles. The fraction of sp³-hybridized carbons (Fsp3) is 0.556. The van der Waals surface area contributed by atoms with Crippen molar-refractivity contribution in [3.63, 3.8) is 0 Å². The lowest BCUT2D eigenvalue weighted by Gasteiger charge is -2.31. The fourth-order valence-corrected chi connectivity index (χ4v) is 3.57. The summed E-state index contributed by atoms with van der Waals surface area (Å²) < 4.78 is 10.1. The summed E-state index contributed by atoms with van der Waals surface area (Å²) in [6.45, 7) is 1.38. The number of benzene rings is 1. The van der Waals surface area contributed by atoms with Crippen molar-refractivity contribution in [2.24, 2.45) is 0 Å². The maximum atomic E-state index is 12.4. The van der Waals surface area contributed by atoms with Gasteiger partial charge in [-0.15, -0.1) is 0 Å². The second-order valence-corrected chi connectivity index (χ2v) is 6.42. The number of amides is 2. The molecule has 1 saturated carbocycles. The maximum absolute atomic E-state index is 12.4. The highest BCUT2D eigenvalue weighted by molar-refractivity contribution is 5.78. The van der Waals surface area contributed by atoms with Gasteiger partial charge in [0.15, 0.2) is 0 Å². The summed E-state index contributed by atoms with van der Waals surface area (Å²) in [5.41, 5.74) is 0.823. The molecule has 6 heteroatoms. The van der Waals surface area contributed by atoms with Crippen LogP contribution in [0.1, 0.15) is 37.7 Å². The largest absolute Gasteiger partial charge is 0.497 e. The second kappa shape index (κ2) is 7.11. The molecule has 0 aromatic heterocycles. The summed E-state index contributed by atoms with van der Waals surface area (Å²) in [7, 11) is 1.64. The summed E-state index contributed by atoms with van der Waals surface area (Å²) in [5.74, 6) is 0.790. The first kappa shape index (κ1) is 16.6. The van der Waals surface area contributed by atoms with E-state index in [0.29, 0.717) is 26.1 Å². The predicted octanol–water partition coefficient (Wildman–Crippen LogP) is 2.42. The Balaban J connectivity index is 1.64. The zero-order valence-electron chi connectivity index (χ0n) is 14.0. The number of carbonyl (C=O) groups excluding carboxylic acids is 2. The summed E-state index contributed by atoms with van der Waals surface area (Å²) in [6.07, 6.45) is 4.06. The Kier molecular flexibility index (Phi) is 4.92. The summed E-state index contributed by atoms with van der Waals surface area (Å²) in [4.78, 5) is 25.5. The quantitative estimate of drug-likeness (QED) is 0.869. The van der Waals surface area contributed by atoms with Crippen molar-refractivity contribution >= 4 is 12.0 Å². The molecule has 1 saturated heterocycles. The Morgan fingerprint density at radius 3 is 2.58 bits per heavy atom. The third-order valence-corrected chi connectivity index (χ3v) is 4.93. The average molecular weight is 332 g/mol. The molecule has 3 rings (SSSR count). The molecule has 1 aromatic carbocycles. The molecule has 1 aliphatic heterocycles. The van der Waals surface area contributed by atoms with E-state index in [1.54, 1.807) is 12.0 Å². The normalized spacial score (nSPS) is 19.2. The van der Waals surface area contributed by atoms with Gasteiger partial charge in [0.05, 0.1) is 19.2 Å². The maximum Gasteiger partial charge on any atom is 0.409 e. The van der Waals surface area contributed by atoms with Crippen molar-refractivity contribution in [3.8, 4) is 5.75 Å². The number of hydrogen-bond acceptors (Lipinski definition) is 4. The first-order valence-electron chi connectivity index (χ1n) is 8.50. The Hall–Kier alpha value is -2.24. The van der Waals surface area contributed by atoms with Crippen LogP contribution in [0, 0.1) is 0 Å². The second-order valence-electron chi connectivity index (χ2n) is 6.42. The molecule has 1 aromatic rings. The highest BCUT2D eigenvalue weighted by atomic mass is 16.6. The molecule has 130 valence electrons. The van der Waals surface area contributed by atoms with Crippen LogP contribution < -0.4 is 10.1 Å². The van der Waals surface area contributed by atoms with Gasteiger partial charge in [-0.1, -0.05) is 25.0 Å². The monoisotopic (exact) mass is 332 g/mol. The van der Waals surface area contributed by atoms with Gasteiger partial charge >= 0.3 is 6.09 Å². The topological polar surface area (TPSA) is 67.9 Å². The van der Waals surface area contributed by atoms with E-state index in [-0.39, 0.29) is 17.5 Å². The summed E-state index contributed by atoms with van der Waals surface area (Å²) >= 11 is 0. The predicted molar refractivity (Wildman–Crippen MR) is 88.8 cm³/mol. The average Bonchev–Trinajstić information content (AvgIpc) is 3.23. The van der Waals surface area contributed by atoms with Gasteiger partial charge in [0, 0.05) is 13.0 Å². The van der Waals surface area contributed by atoms with Crippen LogP contribution in [0.2, 0.25) is 0 Å². The third kappa shape index (κ3) is 3.47. The van der Waals surface area contributed by atoms with E-state index in [4.69, 9.17) is 9.47 Å². The van der Waals surface area contributed by atoms with E-state index in [1.807, 2.05) is 24.3 Å². The first-order chi connectivity index (χ1) is 11.6. The minimum Gasteiger partial charge on any atom is -0.497 e. The van der Waals surface area contributed by atoms with Gasteiger partial charge in [0.25, 0.3) is 0 Å². The lowest BCUT2D eigenvalue weighted by Crippen LogP contribution is -2.44. The van der Waals surface area contributed by atoms with Gasteiger partial charge in [0.2, 0.25) is 5.91 Å². The third-order valence-electron chi connectivity index (χ3n) is 4.93. The molecule has 6 nitrogen and oxygen atoms in total. The Bertz CT molecular complexity index is 594. The SMILES string of the molecule is COc1ccc(C2(NC(=O)CCN3CCOC3=O)CCCC2)cc1. The fourth-order valence-electron chi connectivity index (χ4n) is 3.57. The van der Waals surface area contributed by atoms with Gasteiger partial charge < -0.3 is 19.7 Å². The van der Waals surface area contributed by atoms with Crippen molar-refractivity contribution in [2.75, 3.05) is 26.8 Å². The van der Waals surface area contributed by atoms with Crippen molar-refractivity contribution in [2.45, 2.75) is 37.6 Å². The smallest absolute Gasteiger partial charge is 0.409 e. The number of cyclic esters (lactones) is 1. The molecular weight excluding hydrogens is 308 g/mol. The van der Waals surface area contributed by atoms with Crippen molar-refractivity contribution in [1.29, 1.82) is 0 Å². The van der Waals surface area contributed by atoms with E-state index < -0.39 is 0 Å². The molecule has 1 heterocycles. The first-order valence-corrected chi connectivity index (χ1v) is 8.50. The van der Waals surface area contributed by atoms with Crippen LogP contribution >= 0.6 is 0 Å². The molecule has 0 unspecified atom stereocenters. The molecule has 0 atom stereocenters. The number of ether oxygens (including phenoxy) is 2. The molecule has 2 aliphatic rings. The number of carbonyl (C=O) groups is 2. The molecule has 0 radical (unpaired) electrons. The lowest BCUT2D eigenvalue weighted by molar-refractivity contribution is -0.123. The van der Waals surface area contributed by atoms with E-state index in [2.05, 4.69) is 5.32 Å². The number of rotatable bonds is 6. The Morgan fingerprint density at radius 2 is 2.00 bits per heavy atom. The zero-order chi connectivity index (χ0) is 17.0. The van der Waals surface area contributed by atoms with Gasteiger partial charge in [-0.05, 0) is 30.5 Å². The van der Waals surface area contributed by atoms with Gasteiger partial charge in [-0.25, -0.2) is 4.79 Å². The van der Waals surface area contributed by atoms with Crippen molar-refractivity contribution in [1.82, 2.24) is 10.2 Å². The van der Waals surface area contributed by atoms with E-state index in [0.717, 1.165) is 37.0 Å². The van der Waals surface area contributed by atoms with E-state index >= 15 is 0 Å². The van der Waals surface area contributed by atoms with Crippen LogP contribution in [-0.2, 0) is 15.1 Å². The Morgan fingerprint density at radius 1 is 1.29 bits per heavy atom. The minimum atomic E-state index is -0.325. The summed E-state index contributed by atoms with van der Waals surface area (Å²) in [5, 5.41) is 3.23. The standard InChI is InChI=1S/C18H24N2O4/c1-23-15-6-4-14(5-7-15)18(9-2-3-10-18)19-16(21)8-11-20-12-13-24-17(20)22/h4-7H,2-3,8-13H2,1H3,(H,19,21). The lowest BCUT2D eigenvalue weighted by atomic mass is 9.88. The molecule has 2 fully saturated rings. The number of methoxy groups -OCH3 is 1. The van der Waals surface area contributed by atoms with Crippen molar-refractivity contribution < 1.29 is 19.1 Å². The van der Waals surface area contributed by atoms with E-state index in [9.17, 15) is 9.59 Å². The highest BCUT2D eigenvalue weighted by Crippen LogP contribution is 2.39. The van der Waals surface area contributed by atoms with Crippen LogP contribution in [0.3, 0.4) is 0 Å². The number of hydrogen-bond donors (Lipinski definition) is 1. The van der Waals surface area contributed by atoms with Crippen LogP contribution in [0.4, 0.5) is 4.79 Å². The van der Waals surface area contributed by atoms with Gasteiger partial charge in [-0.3, -0.25) is 4.79 Å². The molecule has 0 spiro atoms. The molecule has 1 N–H and O–H groups in total. The zero-order valence-corrected chi connectivity index (χ0v) is 14.0. The minimum absolute atomic E-state index is 0.0209. The van der Waals surface area contributed by atoms with Crippen molar-refractivity contribution in [3.05, 3.63) is 29.8 Å². The van der Waals surface area contributed by atoms with Crippen LogP contribution in [-0.4, -0.2) is 43.7 Å². The van der Waals surface area contributed by atoms with Gasteiger partial charge in [0.1, 0.15) is 12.4 Å². The van der Waals surface area contributed by atoms with Crippen LogP contribution in [0.5, 0.6) is 5.75 Å². The molecule has 2 amide bonds. The highest BCUT2D eigenvalue weighted by Gasteiger charge is 2.37. The number of nitrogens with zero attached hydrogens (tertiary/aromatic N) is 1. The van der Waals surface area contributed by atoms with Gasteiger partial charge in [-0.2, -0.15) is 0 Å². The molecule has 0 bridgehead atoms. The number of nitrogens with one attached hydrogen (secondary N) is 1. The van der Waals surface area contributed by atoms with Crippen LogP contribution in [0.25, 0.3) is 0 Å². The Labute approximate surface area is 142 Å². The van der Waals surface area contributed by atoms with Crippen LogP contribution in [0.15, 0.2) is 24.3 Å². The summed E-state index contributed by atoms with van der Waals surface area (Å²) in [6, 6.07) is 7.92. The molecule has 24 heavy (non-hydrogen) atoms. The molecular formula is C18H24N2O4. The van der Waals surface area contributed by atoms with E-state index in [1.165, 1.54) is 0 Å².